The van der Waals surface area contributed by atoms with Crippen LogP contribution in [0.5, 0.6) is 0 Å². The standard InChI is InChI=1S/C17H14F3N7/c1-11-8-9-26(24-11)13-5-3-2-4-12(13)10-21-14-6-7-15-22-23-16(17(18,19)20)27(15)25-14/h2-9H,10H2,1H3,(H,21,25). The third-order valence-corrected chi connectivity index (χ3v) is 3.94. The van der Waals surface area contributed by atoms with Crippen molar-refractivity contribution in [2.45, 2.75) is 19.6 Å². The van der Waals surface area contributed by atoms with Gasteiger partial charge in [-0.1, -0.05) is 18.2 Å². The van der Waals surface area contributed by atoms with E-state index in [1.807, 2.05) is 43.5 Å². The number of nitrogens with zero attached hydrogens (tertiary/aromatic N) is 6. The molecule has 0 bridgehead atoms. The minimum atomic E-state index is -4.63. The number of para-hydroxylation sites is 1. The summed E-state index contributed by atoms with van der Waals surface area (Å²) in [6.45, 7) is 2.25. The Hall–Kier alpha value is -3.43. The minimum Gasteiger partial charge on any atom is -0.364 e. The number of benzene rings is 1. The Morgan fingerprint density at radius 1 is 1.00 bits per heavy atom. The number of anilines is 1. The topological polar surface area (TPSA) is 72.9 Å². The summed E-state index contributed by atoms with van der Waals surface area (Å²) in [6, 6.07) is 12.5. The van der Waals surface area contributed by atoms with Crippen LogP contribution in [0, 0.1) is 6.92 Å². The molecule has 0 atom stereocenters. The maximum absolute atomic E-state index is 13.0. The Balaban J connectivity index is 1.61. The molecule has 0 saturated heterocycles. The SMILES string of the molecule is Cc1ccn(-c2ccccc2CNc2ccc3nnc(C(F)(F)F)n3n2)n1. The summed E-state index contributed by atoms with van der Waals surface area (Å²) < 4.78 is 41.4. The van der Waals surface area contributed by atoms with Gasteiger partial charge >= 0.3 is 6.18 Å². The van der Waals surface area contributed by atoms with Crippen LogP contribution in [-0.2, 0) is 12.7 Å². The number of nitrogens with one attached hydrogen (secondary N) is 1. The van der Waals surface area contributed by atoms with Crippen LogP contribution in [-0.4, -0.2) is 29.6 Å². The predicted octanol–water partition coefficient (Wildman–Crippen LogP) is 3.25. The van der Waals surface area contributed by atoms with Crippen molar-refractivity contribution in [2.75, 3.05) is 5.32 Å². The number of aryl methyl sites for hydroxylation is 1. The Kier molecular flexibility index (Phi) is 4.02. The van der Waals surface area contributed by atoms with Gasteiger partial charge in [0.25, 0.3) is 5.82 Å². The van der Waals surface area contributed by atoms with Crippen molar-refractivity contribution in [3.05, 3.63) is 65.7 Å². The molecule has 4 aromatic rings. The van der Waals surface area contributed by atoms with Gasteiger partial charge in [-0.25, -0.2) is 4.68 Å². The number of hydrogen-bond donors (Lipinski definition) is 1. The second-order valence-corrected chi connectivity index (χ2v) is 5.89. The van der Waals surface area contributed by atoms with E-state index in [0.717, 1.165) is 16.9 Å². The van der Waals surface area contributed by atoms with Gasteiger partial charge in [-0.15, -0.1) is 15.3 Å². The fraction of sp³-hybridized carbons (Fsp3) is 0.176. The third kappa shape index (κ3) is 3.33. The normalized spacial score (nSPS) is 11.9. The van der Waals surface area contributed by atoms with Gasteiger partial charge in [0.05, 0.1) is 11.4 Å². The molecular formula is C17H14F3N7. The molecule has 0 fully saturated rings. The number of fused-ring (bicyclic) bond motifs is 1. The van der Waals surface area contributed by atoms with Crippen LogP contribution in [0.4, 0.5) is 19.0 Å². The summed E-state index contributed by atoms with van der Waals surface area (Å²) in [4.78, 5) is 0. The summed E-state index contributed by atoms with van der Waals surface area (Å²) in [5, 5.41) is 18.1. The van der Waals surface area contributed by atoms with Crippen molar-refractivity contribution in [3.8, 4) is 5.69 Å². The van der Waals surface area contributed by atoms with E-state index in [2.05, 4.69) is 25.7 Å². The summed E-state index contributed by atoms with van der Waals surface area (Å²) in [5.74, 6) is -0.882. The zero-order valence-corrected chi connectivity index (χ0v) is 14.1. The lowest BCUT2D eigenvalue weighted by atomic mass is 10.2. The first-order valence-electron chi connectivity index (χ1n) is 8.06. The minimum absolute atomic E-state index is 0.0280. The molecule has 0 aliphatic carbocycles. The van der Waals surface area contributed by atoms with Crippen LogP contribution < -0.4 is 5.32 Å². The molecule has 0 radical (unpaired) electrons. The molecule has 0 spiro atoms. The largest absolute Gasteiger partial charge is 0.453 e. The van der Waals surface area contributed by atoms with E-state index in [1.54, 1.807) is 10.7 Å². The summed E-state index contributed by atoms with van der Waals surface area (Å²) in [5.41, 5.74) is 2.71. The first-order chi connectivity index (χ1) is 12.9. The van der Waals surface area contributed by atoms with Crippen molar-refractivity contribution in [2.24, 2.45) is 0 Å². The van der Waals surface area contributed by atoms with Crippen LogP contribution in [0.1, 0.15) is 17.1 Å². The van der Waals surface area contributed by atoms with E-state index in [9.17, 15) is 13.2 Å². The maximum atomic E-state index is 13.0. The van der Waals surface area contributed by atoms with E-state index in [1.165, 1.54) is 6.07 Å². The number of alkyl halides is 3. The van der Waals surface area contributed by atoms with E-state index in [-0.39, 0.29) is 11.5 Å². The monoisotopic (exact) mass is 373 g/mol. The summed E-state index contributed by atoms with van der Waals surface area (Å²) in [6.07, 6.45) is -2.78. The van der Waals surface area contributed by atoms with Crippen molar-refractivity contribution in [1.82, 2.24) is 29.6 Å². The van der Waals surface area contributed by atoms with E-state index < -0.39 is 12.0 Å². The second-order valence-electron chi connectivity index (χ2n) is 5.89. The van der Waals surface area contributed by atoms with Gasteiger partial charge in [0.1, 0.15) is 5.82 Å². The Morgan fingerprint density at radius 3 is 2.56 bits per heavy atom. The highest BCUT2D eigenvalue weighted by Gasteiger charge is 2.37. The lowest BCUT2D eigenvalue weighted by Crippen LogP contribution is -2.14. The molecule has 7 nitrogen and oxygen atoms in total. The average molecular weight is 373 g/mol. The van der Waals surface area contributed by atoms with E-state index >= 15 is 0 Å². The van der Waals surface area contributed by atoms with Gasteiger partial charge in [0.15, 0.2) is 5.65 Å². The first-order valence-corrected chi connectivity index (χ1v) is 8.06. The molecule has 3 heterocycles. The van der Waals surface area contributed by atoms with Crippen LogP contribution in [0.25, 0.3) is 11.3 Å². The van der Waals surface area contributed by atoms with E-state index in [4.69, 9.17) is 0 Å². The van der Waals surface area contributed by atoms with Gasteiger partial charge in [0, 0.05) is 12.7 Å². The van der Waals surface area contributed by atoms with Gasteiger partial charge in [-0.3, -0.25) is 0 Å². The highest BCUT2D eigenvalue weighted by atomic mass is 19.4. The quantitative estimate of drug-likeness (QED) is 0.595. The van der Waals surface area contributed by atoms with Crippen LogP contribution in [0.2, 0.25) is 0 Å². The zero-order valence-electron chi connectivity index (χ0n) is 14.1. The molecule has 4 rings (SSSR count). The molecule has 27 heavy (non-hydrogen) atoms. The van der Waals surface area contributed by atoms with Crippen molar-refractivity contribution >= 4 is 11.5 Å². The molecule has 1 aromatic carbocycles. The number of hydrogen-bond acceptors (Lipinski definition) is 5. The highest BCUT2D eigenvalue weighted by molar-refractivity contribution is 5.47. The Morgan fingerprint density at radius 2 is 1.81 bits per heavy atom. The van der Waals surface area contributed by atoms with Gasteiger partial charge in [-0.2, -0.15) is 22.8 Å². The number of aromatic nitrogens is 6. The average Bonchev–Trinajstić information content (AvgIpc) is 3.25. The predicted molar refractivity (Wildman–Crippen MR) is 91.4 cm³/mol. The van der Waals surface area contributed by atoms with Crippen LogP contribution in [0.3, 0.4) is 0 Å². The molecule has 0 aliphatic rings. The molecule has 0 aliphatic heterocycles. The molecule has 10 heteroatoms. The number of halogens is 3. The third-order valence-electron chi connectivity index (χ3n) is 3.94. The molecule has 1 N–H and O–H groups in total. The maximum Gasteiger partial charge on any atom is 0.453 e. The second kappa shape index (κ2) is 6.38. The van der Waals surface area contributed by atoms with Crippen molar-refractivity contribution < 1.29 is 13.2 Å². The smallest absolute Gasteiger partial charge is 0.364 e. The lowest BCUT2D eigenvalue weighted by molar-refractivity contribution is -0.146. The van der Waals surface area contributed by atoms with Crippen LogP contribution >= 0.6 is 0 Å². The number of rotatable bonds is 4. The summed E-state index contributed by atoms with van der Waals surface area (Å²) >= 11 is 0. The van der Waals surface area contributed by atoms with Crippen molar-refractivity contribution in [1.29, 1.82) is 0 Å². The summed E-state index contributed by atoms with van der Waals surface area (Å²) in [7, 11) is 0. The Bertz CT molecular complexity index is 1100. The Labute approximate surface area is 151 Å². The lowest BCUT2D eigenvalue weighted by Gasteiger charge is -2.11. The van der Waals surface area contributed by atoms with Gasteiger partial charge < -0.3 is 5.32 Å². The highest BCUT2D eigenvalue weighted by Crippen LogP contribution is 2.27. The van der Waals surface area contributed by atoms with Gasteiger partial charge in [0.2, 0.25) is 0 Å². The molecule has 3 aromatic heterocycles. The fourth-order valence-corrected chi connectivity index (χ4v) is 2.68. The molecule has 0 unspecified atom stereocenters. The molecular weight excluding hydrogens is 359 g/mol. The fourth-order valence-electron chi connectivity index (χ4n) is 2.68. The van der Waals surface area contributed by atoms with E-state index in [0.29, 0.717) is 11.1 Å². The first kappa shape index (κ1) is 17.0. The zero-order chi connectivity index (χ0) is 19.0. The van der Waals surface area contributed by atoms with Crippen molar-refractivity contribution in [3.63, 3.8) is 0 Å². The van der Waals surface area contributed by atoms with Crippen LogP contribution in [0.15, 0.2) is 48.7 Å². The molecule has 138 valence electrons. The van der Waals surface area contributed by atoms with Gasteiger partial charge in [-0.05, 0) is 36.8 Å². The molecule has 0 amide bonds. The molecule has 0 saturated carbocycles.